The number of H-pyrrole nitrogens is 1. The molecule has 3 aromatic carbocycles. The Morgan fingerprint density at radius 3 is 2.43 bits per heavy atom. The molecule has 0 unspecified atom stereocenters. The van der Waals surface area contributed by atoms with Crippen LogP contribution in [0.4, 0.5) is 5.69 Å². The van der Waals surface area contributed by atoms with Gasteiger partial charge in [-0.3, -0.25) is 9.59 Å². The van der Waals surface area contributed by atoms with Crippen molar-refractivity contribution in [2.45, 2.75) is 6.92 Å². The summed E-state index contributed by atoms with van der Waals surface area (Å²) >= 11 is 0. The van der Waals surface area contributed by atoms with E-state index in [2.05, 4.69) is 4.98 Å². The van der Waals surface area contributed by atoms with Gasteiger partial charge in [-0.2, -0.15) is 0 Å². The lowest BCUT2D eigenvalue weighted by Crippen LogP contribution is -2.11. The summed E-state index contributed by atoms with van der Waals surface area (Å²) in [5.74, 6) is 0.00111. The van der Waals surface area contributed by atoms with Crippen molar-refractivity contribution in [2.24, 2.45) is 5.73 Å². The van der Waals surface area contributed by atoms with Crippen molar-refractivity contribution >= 4 is 39.2 Å². The first kappa shape index (κ1) is 17.6. The summed E-state index contributed by atoms with van der Waals surface area (Å²) in [5.41, 5.74) is 16.2. The maximum atomic E-state index is 12.1. The van der Waals surface area contributed by atoms with Gasteiger partial charge in [0.1, 0.15) is 5.75 Å². The summed E-state index contributed by atoms with van der Waals surface area (Å²) in [6, 6.07) is 14.6. The molecule has 0 saturated heterocycles. The number of rotatable bonds is 4. The van der Waals surface area contributed by atoms with E-state index in [0.29, 0.717) is 28.1 Å². The second kappa shape index (κ2) is 6.42. The number of carbonyl (C=O) groups is 2. The second-order valence-corrected chi connectivity index (χ2v) is 6.71. The van der Waals surface area contributed by atoms with Crippen molar-refractivity contribution in [1.82, 2.24) is 4.98 Å². The molecule has 1 heterocycles. The van der Waals surface area contributed by atoms with Crippen LogP contribution in [-0.2, 0) is 0 Å². The number of ether oxygens (including phenoxy) is 1. The smallest absolute Gasteiger partial charge is 0.250 e. The van der Waals surface area contributed by atoms with Crippen molar-refractivity contribution < 1.29 is 14.3 Å². The zero-order valence-corrected chi connectivity index (χ0v) is 15.5. The predicted octanol–water partition coefficient (Wildman–Crippen LogP) is 3.88. The maximum absolute atomic E-state index is 12.1. The number of nitrogen functional groups attached to an aromatic ring is 1. The molecule has 140 valence electrons. The zero-order valence-electron chi connectivity index (χ0n) is 15.5. The third-order valence-corrected chi connectivity index (χ3v) is 4.95. The Bertz CT molecular complexity index is 1270. The van der Waals surface area contributed by atoms with Gasteiger partial charge < -0.3 is 21.2 Å². The number of nitrogens with two attached hydrogens (primary N) is 2. The summed E-state index contributed by atoms with van der Waals surface area (Å²) in [6.45, 7) is 1.52. The van der Waals surface area contributed by atoms with E-state index in [4.69, 9.17) is 16.2 Å². The fraction of sp³-hybridized carbons (Fsp3) is 0.0909. The van der Waals surface area contributed by atoms with Gasteiger partial charge in [0.15, 0.2) is 5.78 Å². The van der Waals surface area contributed by atoms with Crippen LogP contribution >= 0.6 is 0 Å². The molecule has 4 aromatic rings. The first-order valence-corrected chi connectivity index (χ1v) is 8.73. The van der Waals surface area contributed by atoms with Gasteiger partial charge >= 0.3 is 0 Å². The summed E-state index contributed by atoms with van der Waals surface area (Å²) in [7, 11) is 1.56. The summed E-state index contributed by atoms with van der Waals surface area (Å²) in [4.78, 5) is 27.1. The molecule has 0 fully saturated rings. The van der Waals surface area contributed by atoms with Gasteiger partial charge in [-0.1, -0.05) is 18.2 Å². The molecule has 0 radical (unpaired) electrons. The number of benzene rings is 3. The Morgan fingerprint density at radius 1 is 0.964 bits per heavy atom. The molecule has 5 N–H and O–H groups in total. The fourth-order valence-electron chi connectivity index (χ4n) is 3.48. The van der Waals surface area contributed by atoms with Crippen molar-refractivity contribution in [3.63, 3.8) is 0 Å². The highest BCUT2D eigenvalue weighted by Crippen LogP contribution is 2.35. The molecule has 4 rings (SSSR count). The largest absolute Gasteiger partial charge is 0.495 e. The molecule has 1 amide bonds. The minimum Gasteiger partial charge on any atom is -0.495 e. The van der Waals surface area contributed by atoms with Gasteiger partial charge in [0.2, 0.25) is 0 Å². The number of aromatic nitrogens is 1. The number of hydrogen-bond donors (Lipinski definition) is 3. The number of methoxy groups -OCH3 is 1. The van der Waals surface area contributed by atoms with Gasteiger partial charge in [0, 0.05) is 21.9 Å². The Morgan fingerprint density at radius 2 is 1.75 bits per heavy atom. The summed E-state index contributed by atoms with van der Waals surface area (Å²) in [6.07, 6.45) is 0. The Kier molecular flexibility index (Phi) is 4.04. The van der Waals surface area contributed by atoms with Crippen molar-refractivity contribution in [3.05, 3.63) is 59.7 Å². The molecule has 6 nitrogen and oxygen atoms in total. The van der Waals surface area contributed by atoms with Gasteiger partial charge in [0.05, 0.1) is 23.9 Å². The molecule has 0 aliphatic carbocycles. The quantitative estimate of drug-likeness (QED) is 0.372. The molecule has 1 aromatic heterocycles. The zero-order chi connectivity index (χ0) is 20.0. The van der Waals surface area contributed by atoms with Gasteiger partial charge in [-0.05, 0) is 48.4 Å². The number of ketones is 1. The Balaban J connectivity index is 2.02. The molecule has 0 aliphatic rings. The lowest BCUT2D eigenvalue weighted by atomic mass is 9.98. The van der Waals surface area contributed by atoms with Crippen LogP contribution < -0.4 is 16.2 Å². The molecule has 0 atom stereocenters. The SMILES string of the molecule is COc1cc(-c2cc(C(N)=O)c3[nH]c4cc(C(C)=O)ccc4c3c2)ccc1N. The van der Waals surface area contributed by atoms with Crippen LogP contribution in [0.3, 0.4) is 0 Å². The lowest BCUT2D eigenvalue weighted by Gasteiger charge is -2.09. The maximum Gasteiger partial charge on any atom is 0.250 e. The standard InChI is InChI=1S/C22H19N3O3/c1-11(26)12-3-5-15-16-7-14(13-4-6-18(23)20(10-13)28-2)8-17(22(24)27)21(16)25-19(15)9-12/h3-10,25H,23H2,1-2H3,(H2,24,27). The van der Waals surface area contributed by atoms with E-state index >= 15 is 0 Å². The van der Waals surface area contributed by atoms with Gasteiger partial charge in [-0.15, -0.1) is 0 Å². The summed E-state index contributed by atoms with van der Waals surface area (Å²) < 4.78 is 5.31. The van der Waals surface area contributed by atoms with Gasteiger partial charge in [0.25, 0.3) is 5.91 Å². The average Bonchev–Trinajstić information content (AvgIpc) is 3.05. The van der Waals surface area contributed by atoms with Crippen LogP contribution in [0.5, 0.6) is 5.75 Å². The van der Waals surface area contributed by atoms with E-state index in [9.17, 15) is 9.59 Å². The Labute approximate surface area is 161 Å². The van der Waals surface area contributed by atoms with Crippen LogP contribution in [0.15, 0.2) is 48.5 Å². The van der Waals surface area contributed by atoms with E-state index in [1.807, 2.05) is 24.3 Å². The van der Waals surface area contributed by atoms with Crippen LogP contribution in [0, 0.1) is 0 Å². The number of carbonyl (C=O) groups excluding carboxylic acids is 2. The highest BCUT2D eigenvalue weighted by atomic mass is 16.5. The molecular formula is C22H19N3O3. The molecular weight excluding hydrogens is 354 g/mol. The monoisotopic (exact) mass is 373 g/mol. The molecule has 28 heavy (non-hydrogen) atoms. The lowest BCUT2D eigenvalue weighted by molar-refractivity contribution is 0.0997. The third-order valence-electron chi connectivity index (χ3n) is 4.95. The van der Waals surface area contributed by atoms with Crippen LogP contribution in [-0.4, -0.2) is 23.8 Å². The van der Waals surface area contributed by atoms with E-state index < -0.39 is 5.91 Å². The van der Waals surface area contributed by atoms with Crippen molar-refractivity contribution in [1.29, 1.82) is 0 Å². The van der Waals surface area contributed by atoms with Crippen LogP contribution in [0.2, 0.25) is 0 Å². The highest BCUT2D eigenvalue weighted by molar-refractivity contribution is 6.17. The number of aromatic amines is 1. The minimum atomic E-state index is -0.535. The first-order valence-electron chi connectivity index (χ1n) is 8.73. The minimum absolute atomic E-state index is 0.0228. The van der Waals surface area contributed by atoms with E-state index in [1.54, 1.807) is 31.4 Å². The number of nitrogens with one attached hydrogen (secondary N) is 1. The van der Waals surface area contributed by atoms with E-state index in [1.165, 1.54) is 6.92 Å². The normalized spacial score (nSPS) is 11.1. The van der Waals surface area contributed by atoms with Crippen molar-refractivity contribution in [3.8, 4) is 16.9 Å². The average molecular weight is 373 g/mol. The number of amides is 1. The second-order valence-electron chi connectivity index (χ2n) is 6.71. The summed E-state index contributed by atoms with van der Waals surface area (Å²) in [5, 5.41) is 1.76. The molecule has 6 heteroatoms. The van der Waals surface area contributed by atoms with Gasteiger partial charge in [-0.25, -0.2) is 0 Å². The topological polar surface area (TPSA) is 111 Å². The Hall–Kier alpha value is -3.80. The number of Topliss-reactive ketones (excluding diaryl/α,β-unsaturated/α-hetero) is 1. The fourth-order valence-corrected chi connectivity index (χ4v) is 3.48. The number of primary amides is 1. The molecule has 0 saturated carbocycles. The van der Waals surface area contributed by atoms with Crippen LogP contribution in [0.25, 0.3) is 32.9 Å². The van der Waals surface area contributed by atoms with Crippen molar-refractivity contribution in [2.75, 3.05) is 12.8 Å². The van der Waals surface area contributed by atoms with E-state index in [-0.39, 0.29) is 5.78 Å². The first-order chi connectivity index (χ1) is 13.4. The van der Waals surface area contributed by atoms with Crippen LogP contribution in [0.1, 0.15) is 27.6 Å². The number of anilines is 1. The third kappa shape index (κ3) is 2.75. The molecule has 0 spiro atoms. The highest BCUT2D eigenvalue weighted by Gasteiger charge is 2.16. The number of hydrogen-bond acceptors (Lipinski definition) is 4. The molecule has 0 bridgehead atoms. The van der Waals surface area contributed by atoms with E-state index in [0.717, 1.165) is 27.4 Å². The number of fused-ring (bicyclic) bond motifs is 3. The molecule has 0 aliphatic heterocycles. The predicted molar refractivity (Wildman–Crippen MR) is 111 cm³/mol.